The second kappa shape index (κ2) is 9.04. The Morgan fingerprint density at radius 2 is 1.75 bits per heavy atom. The van der Waals surface area contributed by atoms with Crippen LogP contribution in [0, 0.1) is 12.0 Å². The molecule has 0 spiro atoms. The number of rotatable bonds is 7. The molecule has 0 aromatic heterocycles. The van der Waals surface area contributed by atoms with Crippen molar-refractivity contribution in [3.8, 4) is 0 Å². The lowest BCUT2D eigenvalue weighted by molar-refractivity contribution is -0.147. The molecular weight excluding hydrogens is 352 g/mol. The van der Waals surface area contributed by atoms with Crippen molar-refractivity contribution < 1.29 is 9.53 Å². The number of anilines is 1. The van der Waals surface area contributed by atoms with E-state index in [9.17, 15) is 4.79 Å². The van der Waals surface area contributed by atoms with E-state index in [1.807, 2.05) is 45.0 Å². The van der Waals surface area contributed by atoms with Gasteiger partial charge in [0.25, 0.3) is 0 Å². The zero-order valence-corrected chi connectivity index (χ0v) is 17.3. The van der Waals surface area contributed by atoms with Crippen molar-refractivity contribution in [3.63, 3.8) is 0 Å². The third-order valence-corrected chi connectivity index (χ3v) is 5.41. The molecule has 6 heteroatoms. The molecule has 2 saturated heterocycles. The van der Waals surface area contributed by atoms with Gasteiger partial charge in [-0.15, -0.1) is 0 Å². The zero-order chi connectivity index (χ0) is 20.1. The number of nitrogens with zero attached hydrogens (tertiary/aromatic N) is 3. The van der Waals surface area contributed by atoms with Crippen LogP contribution in [0.25, 0.3) is 4.85 Å². The number of carbonyl (C=O) groups excluding carboxylic acids is 1. The summed E-state index contributed by atoms with van der Waals surface area (Å²) in [5, 5.41) is 3.42. The Labute approximate surface area is 168 Å². The number of nitrogens with one attached hydrogen (secondary N) is 1. The van der Waals surface area contributed by atoms with Crippen molar-refractivity contribution in [2.45, 2.75) is 39.4 Å². The number of ether oxygens (including phenoxy) is 1. The third-order valence-electron chi connectivity index (χ3n) is 5.41. The molecule has 0 saturated carbocycles. The molecule has 152 valence electrons. The third kappa shape index (κ3) is 5.78. The molecule has 2 heterocycles. The summed E-state index contributed by atoms with van der Waals surface area (Å²) in [6, 6.07) is 7.60. The first kappa shape index (κ1) is 20.8. The van der Waals surface area contributed by atoms with Crippen LogP contribution in [-0.4, -0.2) is 73.6 Å². The second-order valence-corrected chi connectivity index (χ2v) is 8.95. The fraction of sp³-hybridized carbons (Fsp3) is 0.636. The molecule has 1 aromatic rings. The number of fused-ring (bicyclic) bond motifs is 2. The number of carbonyl (C=O) groups is 1. The molecular formula is C22H32N4O2. The van der Waals surface area contributed by atoms with Crippen molar-refractivity contribution in [1.82, 2.24) is 9.80 Å². The van der Waals surface area contributed by atoms with Gasteiger partial charge in [0, 0.05) is 50.4 Å². The van der Waals surface area contributed by atoms with Crippen molar-refractivity contribution in [2.24, 2.45) is 5.41 Å². The largest absolute Gasteiger partial charge is 0.385 e. The van der Waals surface area contributed by atoms with E-state index in [0.29, 0.717) is 18.0 Å². The molecule has 2 aliphatic rings. The summed E-state index contributed by atoms with van der Waals surface area (Å²) >= 11 is 0. The van der Waals surface area contributed by atoms with Crippen LogP contribution in [0.5, 0.6) is 0 Å². The quantitative estimate of drug-likeness (QED) is 0.578. The summed E-state index contributed by atoms with van der Waals surface area (Å²) in [7, 11) is 0. The Morgan fingerprint density at radius 1 is 1.14 bits per heavy atom. The van der Waals surface area contributed by atoms with E-state index in [2.05, 4.69) is 20.0 Å². The summed E-state index contributed by atoms with van der Waals surface area (Å²) in [6.45, 7) is 19.0. The van der Waals surface area contributed by atoms with Gasteiger partial charge in [-0.1, -0.05) is 32.9 Å². The Hall–Kier alpha value is -1.94. The molecule has 28 heavy (non-hydrogen) atoms. The molecule has 3 rings (SSSR count). The van der Waals surface area contributed by atoms with E-state index in [-0.39, 0.29) is 17.6 Å². The molecule has 0 aliphatic carbocycles. The minimum Gasteiger partial charge on any atom is -0.385 e. The van der Waals surface area contributed by atoms with E-state index in [0.717, 1.165) is 51.4 Å². The topological polar surface area (TPSA) is 49.2 Å². The first-order valence-electron chi connectivity index (χ1n) is 10.2. The standard InChI is InChI=1S/C22H32N4O2/c1-22(2,3)21(27)16-26-14-19-12-25(13-20(15-26)28-19)11-5-10-24-18-8-6-17(23-4)7-9-18/h6-9,19-20,24H,5,10-16H2,1-3H3. The van der Waals surface area contributed by atoms with Gasteiger partial charge in [0.2, 0.25) is 0 Å². The SMILES string of the molecule is [C-]#[N+]c1ccc(NCCCN2CC3CN(CC(=O)C(C)(C)C)CC(C2)O3)cc1. The smallest absolute Gasteiger partial charge is 0.187 e. The Balaban J connectivity index is 1.38. The van der Waals surface area contributed by atoms with Gasteiger partial charge in [0.15, 0.2) is 11.5 Å². The van der Waals surface area contributed by atoms with Gasteiger partial charge in [0.1, 0.15) is 0 Å². The van der Waals surface area contributed by atoms with E-state index in [4.69, 9.17) is 11.3 Å². The van der Waals surface area contributed by atoms with Crippen LogP contribution >= 0.6 is 0 Å². The summed E-state index contributed by atoms with van der Waals surface area (Å²) in [4.78, 5) is 20.5. The molecule has 0 radical (unpaired) electrons. The average molecular weight is 385 g/mol. The first-order valence-corrected chi connectivity index (χ1v) is 10.2. The summed E-state index contributed by atoms with van der Waals surface area (Å²) in [5.41, 5.74) is 1.46. The lowest BCUT2D eigenvalue weighted by Gasteiger charge is -2.46. The van der Waals surface area contributed by atoms with Gasteiger partial charge in [-0.2, -0.15) is 0 Å². The number of hydrogen-bond acceptors (Lipinski definition) is 5. The van der Waals surface area contributed by atoms with E-state index >= 15 is 0 Å². The Morgan fingerprint density at radius 3 is 2.32 bits per heavy atom. The Kier molecular flexibility index (Phi) is 6.71. The van der Waals surface area contributed by atoms with Crippen LogP contribution in [-0.2, 0) is 9.53 Å². The highest BCUT2D eigenvalue weighted by molar-refractivity contribution is 5.85. The van der Waals surface area contributed by atoms with Crippen LogP contribution in [0.2, 0.25) is 0 Å². The number of Topliss-reactive ketones (excluding diaryl/α,β-unsaturated/α-hetero) is 1. The molecule has 2 atom stereocenters. The van der Waals surface area contributed by atoms with Crippen LogP contribution in [0.15, 0.2) is 24.3 Å². The monoisotopic (exact) mass is 384 g/mol. The predicted octanol–water partition coefficient (Wildman–Crippen LogP) is 3.04. The normalized spacial score (nSPS) is 23.2. The van der Waals surface area contributed by atoms with Crippen LogP contribution in [0.4, 0.5) is 11.4 Å². The average Bonchev–Trinajstić information content (AvgIpc) is 2.64. The van der Waals surface area contributed by atoms with Gasteiger partial charge < -0.3 is 10.1 Å². The number of morpholine rings is 2. The summed E-state index contributed by atoms with van der Waals surface area (Å²) in [6.07, 6.45) is 1.47. The van der Waals surface area contributed by atoms with Crippen molar-refractivity contribution in [3.05, 3.63) is 35.7 Å². The molecule has 2 fully saturated rings. The van der Waals surface area contributed by atoms with Crippen molar-refractivity contribution >= 4 is 17.2 Å². The minimum absolute atomic E-state index is 0.203. The van der Waals surface area contributed by atoms with Gasteiger partial charge in [0.05, 0.1) is 25.3 Å². The summed E-state index contributed by atoms with van der Waals surface area (Å²) < 4.78 is 6.11. The number of ketones is 1. The minimum atomic E-state index is -0.275. The van der Waals surface area contributed by atoms with Crippen LogP contribution in [0.3, 0.4) is 0 Å². The van der Waals surface area contributed by atoms with E-state index < -0.39 is 0 Å². The highest BCUT2D eigenvalue weighted by atomic mass is 16.5. The lowest BCUT2D eigenvalue weighted by Crippen LogP contribution is -2.60. The lowest BCUT2D eigenvalue weighted by atomic mass is 9.90. The highest BCUT2D eigenvalue weighted by Gasteiger charge is 2.36. The van der Waals surface area contributed by atoms with Crippen molar-refractivity contribution in [1.29, 1.82) is 0 Å². The molecule has 1 aromatic carbocycles. The second-order valence-electron chi connectivity index (χ2n) is 8.95. The van der Waals surface area contributed by atoms with Crippen LogP contribution < -0.4 is 5.32 Å². The fourth-order valence-corrected chi connectivity index (χ4v) is 3.80. The zero-order valence-electron chi connectivity index (χ0n) is 17.3. The van der Waals surface area contributed by atoms with Crippen LogP contribution in [0.1, 0.15) is 27.2 Å². The van der Waals surface area contributed by atoms with Gasteiger partial charge in [-0.25, -0.2) is 4.85 Å². The summed E-state index contributed by atoms with van der Waals surface area (Å²) in [5.74, 6) is 0.305. The maximum atomic E-state index is 12.3. The molecule has 6 nitrogen and oxygen atoms in total. The maximum absolute atomic E-state index is 12.3. The fourth-order valence-electron chi connectivity index (χ4n) is 3.80. The predicted molar refractivity (Wildman–Crippen MR) is 112 cm³/mol. The Bertz CT molecular complexity index is 691. The van der Waals surface area contributed by atoms with Gasteiger partial charge in [-0.3, -0.25) is 14.6 Å². The van der Waals surface area contributed by atoms with Gasteiger partial charge in [-0.05, 0) is 18.6 Å². The van der Waals surface area contributed by atoms with Crippen molar-refractivity contribution in [2.75, 3.05) is 51.1 Å². The number of benzene rings is 1. The van der Waals surface area contributed by atoms with E-state index in [1.165, 1.54) is 0 Å². The molecule has 2 unspecified atom stereocenters. The number of hydrogen-bond donors (Lipinski definition) is 1. The molecule has 2 aliphatic heterocycles. The molecule has 1 N–H and O–H groups in total. The first-order chi connectivity index (χ1) is 13.3. The molecule has 0 amide bonds. The maximum Gasteiger partial charge on any atom is 0.187 e. The molecule has 2 bridgehead atoms. The highest BCUT2D eigenvalue weighted by Crippen LogP contribution is 2.22. The van der Waals surface area contributed by atoms with E-state index in [1.54, 1.807) is 0 Å². The van der Waals surface area contributed by atoms with Gasteiger partial charge >= 0.3 is 0 Å².